The monoisotopic (exact) mass is 468 g/mol. The second-order valence-corrected chi connectivity index (χ2v) is 8.31. The van der Waals surface area contributed by atoms with Gasteiger partial charge in [0.1, 0.15) is 24.7 Å². The van der Waals surface area contributed by atoms with Gasteiger partial charge in [0.05, 0.1) is 5.88 Å². The third-order valence-electron chi connectivity index (χ3n) is 5.66. The van der Waals surface area contributed by atoms with Gasteiger partial charge in [0, 0.05) is 0 Å². The summed E-state index contributed by atoms with van der Waals surface area (Å²) in [6.07, 6.45) is 0.913. The van der Waals surface area contributed by atoms with Crippen molar-refractivity contribution in [3.05, 3.63) is 131 Å². The van der Waals surface area contributed by atoms with E-state index in [0.29, 0.717) is 19.1 Å². The number of rotatable bonds is 10. The Balaban J connectivity index is 1.67. The molecule has 34 heavy (non-hydrogen) atoms. The molecule has 0 saturated carbocycles. The third-order valence-corrected chi connectivity index (χ3v) is 5.81. The highest BCUT2D eigenvalue weighted by Gasteiger charge is 2.13. The van der Waals surface area contributed by atoms with E-state index in [1.165, 1.54) is 16.7 Å². The van der Waals surface area contributed by atoms with Crippen molar-refractivity contribution in [3.63, 3.8) is 0 Å². The minimum Gasteiger partial charge on any atom is -0.492 e. The average molecular weight is 469 g/mol. The minimum atomic E-state index is 0.472. The molecule has 2 nitrogen and oxygen atoms in total. The first-order valence-electron chi connectivity index (χ1n) is 11.6. The van der Waals surface area contributed by atoms with E-state index in [9.17, 15) is 0 Å². The number of allylic oxidation sites excluding steroid dienone is 1. The molecular formula is C31H29ClO2. The summed E-state index contributed by atoms with van der Waals surface area (Å²) < 4.78 is 11.7. The number of halogens is 1. The summed E-state index contributed by atoms with van der Waals surface area (Å²) in [6.45, 7) is 3.26. The van der Waals surface area contributed by atoms with Gasteiger partial charge in [-0.3, -0.25) is 0 Å². The largest absolute Gasteiger partial charge is 0.492 e. The van der Waals surface area contributed by atoms with Gasteiger partial charge in [-0.25, -0.2) is 0 Å². The number of hydrogen-bond acceptors (Lipinski definition) is 2. The van der Waals surface area contributed by atoms with Crippen molar-refractivity contribution >= 4 is 22.7 Å². The summed E-state index contributed by atoms with van der Waals surface area (Å²) >= 11 is 5.77. The lowest BCUT2D eigenvalue weighted by atomic mass is 9.88. The Morgan fingerprint density at radius 3 is 1.68 bits per heavy atom. The summed E-state index contributed by atoms with van der Waals surface area (Å²) in [5, 5.41) is 0. The zero-order valence-electron chi connectivity index (χ0n) is 19.4. The van der Waals surface area contributed by atoms with Crippen LogP contribution in [0.4, 0.5) is 0 Å². The van der Waals surface area contributed by atoms with E-state index in [-0.39, 0.29) is 0 Å². The van der Waals surface area contributed by atoms with Crippen molar-refractivity contribution in [2.24, 2.45) is 0 Å². The standard InChI is InChI=1S/C31H29ClO2/c1-2-30(25-11-7-4-8-12-25)31(26-13-17-28(18-14-26)33-22-21-32)27-15-19-29(20-16-27)34-23-24-9-5-3-6-10-24/h3-20H,2,21-23H2,1H3/b31-30-. The van der Waals surface area contributed by atoms with Gasteiger partial charge in [0.15, 0.2) is 0 Å². The number of hydrogen-bond donors (Lipinski definition) is 0. The molecule has 172 valence electrons. The van der Waals surface area contributed by atoms with Gasteiger partial charge in [0.2, 0.25) is 0 Å². The normalized spacial score (nSPS) is 11.6. The highest BCUT2D eigenvalue weighted by atomic mass is 35.5. The molecule has 0 heterocycles. The van der Waals surface area contributed by atoms with Gasteiger partial charge in [-0.2, -0.15) is 0 Å². The minimum absolute atomic E-state index is 0.472. The zero-order valence-corrected chi connectivity index (χ0v) is 20.2. The lowest BCUT2D eigenvalue weighted by Crippen LogP contribution is -1.99. The summed E-state index contributed by atoms with van der Waals surface area (Å²) in [4.78, 5) is 0. The summed E-state index contributed by atoms with van der Waals surface area (Å²) in [6, 6.07) is 37.5. The maximum Gasteiger partial charge on any atom is 0.119 e. The van der Waals surface area contributed by atoms with Crippen LogP contribution in [0.2, 0.25) is 0 Å². The maximum absolute atomic E-state index is 6.01. The molecule has 0 spiro atoms. The van der Waals surface area contributed by atoms with Crippen LogP contribution < -0.4 is 9.47 Å². The molecule has 0 aliphatic rings. The Morgan fingerprint density at radius 2 is 1.15 bits per heavy atom. The predicted molar refractivity (Wildman–Crippen MR) is 143 cm³/mol. The fraction of sp³-hybridized carbons (Fsp3) is 0.161. The molecule has 0 aromatic heterocycles. The van der Waals surface area contributed by atoms with Crippen LogP contribution >= 0.6 is 11.6 Å². The highest BCUT2D eigenvalue weighted by molar-refractivity contribution is 6.18. The van der Waals surface area contributed by atoms with Crippen LogP contribution in [0.5, 0.6) is 11.5 Å². The predicted octanol–water partition coefficient (Wildman–Crippen LogP) is 8.25. The maximum atomic E-state index is 6.01. The number of benzene rings is 4. The second-order valence-electron chi connectivity index (χ2n) is 7.93. The SMILES string of the molecule is CC/C(=C(\c1ccc(OCCCl)cc1)c1ccc(OCc2ccccc2)cc1)c1ccccc1. The summed E-state index contributed by atoms with van der Waals surface area (Å²) in [5.41, 5.74) is 7.20. The molecule has 0 fully saturated rings. The molecule has 0 bridgehead atoms. The smallest absolute Gasteiger partial charge is 0.119 e. The first-order valence-corrected chi connectivity index (χ1v) is 12.2. The van der Waals surface area contributed by atoms with Crippen molar-refractivity contribution < 1.29 is 9.47 Å². The molecule has 4 rings (SSSR count). The van der Waals surface area contributed by atoms with Crippen LogP contribution in [0.3, 0.4) is 0 Å². The van der Waals surface area contributed by atoms with E-state index in [0.717, 1.165) is 34.6 Å². The molecule has 4 aromatic carbocycles. The van der Waals surface area contributed by atoms with Crippen LogP contribution in [0, 0.1) is 0 Å². The van der Waals surface area contributed by atoms with Gasteiger partial charge < -0.3 is 9.47 Å². The lowest BCUT2D eigenvalue weighted by Gasteiger charge is -2.17. The Bertz CT molecular complexity index is 1180. The van der Waals surface area contributed by atoms with Crippen LogP contribution in [-0.2, 0) is 6.61 Å². The molecule has 4 aromatic rings. The molecule has 0 saturated heterocycles. The third kappa shape index (κ3) is 6.09. The molecule has 0 atom stereocenters. The Morgan fingerprint density at radius 1 is 0.618 bits per heavy atom. The number of ether oxygens (including phenoxy) is 2. The molecule has 3 heteroatoms. The highest BCUT2D eigenvalue weighted by Crippen LogP contribution is 2.35. The summed E-state index contributed by atoms with van der Waals surface area (Å²) in [7, 11) is 0. The fourth-order valence-electron chi connectivity index (χ4n) is 4.01. The quantitative estimate of drug-likeness (QED) is 0.172. The molecule has 0 amide bonds. The number of alkyl halides is 1. The molecule has 0 aliphatic carbocycles. The van der Waals surface area contributed by atoms with Gasteiger partial charge >= 0.3 is 0 Å². The summed E-state index contributed by atoms with van der Waals surface area (Å²) in [5.74, 6) is 2.15. The zero-order chi connectivity index (χ0) is 23.6. The van der Waals surface area contributed by atoms with Crippen LogP contribution in [0.1, 0.15) is 35.6 Å². The van der Waals surface area contributed by atoms with Gasteiger partial charge in [-0.05, 0) is 64.1 Å². The molecule has 0 unspecified atom stereocenters. The van der Waals surface area contributed by atoms with Crippen molar-refractivity contribution in [2.45, 2.75) is 20.0 Å². The average Bonchev–Trinajstić information content (AvgIpc) is 2.91. The van der Waals surface area contributed by atoms with Crippen LogP contribution in [0.15, 0.2) is 109 Å². The molecule has 0 aliphatic heterocycles. The van der Waals surface area contributed by atoms with E-state index in [1.807, 2.05) is 30.3 Å². The molecular weight excluding hydrogens is 440 g/mol. The van der Waals surface area contributed by atoms with E-state index < -0.39 is 0 Å². The first kappa shape index (κ1) is 23.7. The Kier molecular flexibility index (Phi) is 8.43. The fourth-order valence-corrected chi connectivity index (χ4v) is 4.09. The van der Waals surface area contributed by atoms with E-state index in [2.05, 4.69) is 85.8 Å². The van der Waals surface area contributed by atoms with Crippen molar-refractivity contribution in [1.29, 1.82) is 0 Å². The van der Waals surface area contributed by atoms with E-state index in [1.54, 1.807) is 0 Å². The lowest BCUT2D eigenvalue weighted by molar-refractivity contribution is 0.306. The van der Waals surface area contributed by atoms with Crippen LogP contribution in [0.25, 0.3) is 11.1 Å². The van der Waals surface area contributed by atoms with Gasteiger partial charge in [-0.15, -0.1) is 11.6 Å². The molecule has 0 radical (unpaired) electrons. The van der Waals surface area contributed by atoms with Crippen molar-refractivity contribution in [1.82, 2.24) is 0 Å². The van der Waals surface area contributed by atoms with Gasteiger partial charge in [0.25, 0.3) is 0 Å². The van der Waals surface area contributed by atoms with E-state index in [4.69, 9.17) is 21.1 Å². The molecule has 0 N–H and O–H groups in total. The van der Waals surface area contributed by atoms with Crippen molar-refractivity contribution in [2.75, 3.05) is 12.5 Å². The van der Waals surface area contributed by atoms with E-state index >= 15 is 0 Å². The Labute approximate surface area is 207 Å². The topological polar surface area (TPSA) is 18.5 Å². The van der Waals surface area contributed by atoms with Crippen molar-refractivity contribution in [3.8, 4) is 11.5 Å². The first-order chi connectivity index (χ1) is 16.8. The Hall–Kier alpha value is -3.49. The second kappa shape index (κ2) is 12.1. The van der Waals surface area contributed by atoms with Crippen LogP contribution in [-0.4, -0.2) is 12.5 Å². The van der Waals surface area contributed by atoms with Gasteiger partial charge in [-0.1, -0.05) is 91.9 Å².